The average Bonchev–Trinajstić information content (AvgIpc) is 3.32. The molecule has 0 bridgehead atoms. The maximum Gasteiger partial charge on any atom is 0.255 e. The highest BCUT2D eigenvalue weighted by molar-refractivity contribution is 7.98. The average molecular weight is 385 g/mol. The zero-order valence-electron chi connectivity index (χ0n) is 14.4. The van der Waals surface area contributed by atoms with E-state index < -0.39 is 10.0 Å². The highest BCUT2D eigenvalue weighted by Gasteiger charge is 2.25. The number of benzene rings is 1. The fraction of sp³-hybridized carbons (Fsp3) is 0.588. The molecule has 138 valence electrons. The van der Waals surface area contributed by atoms with Gasteiger partial charge in [-0.2, -0.15) is 0 Å². The molecule has 0 saturated carbocycles. The Morgan fingerprint density at radius 1 is 1.32 bits per heavy atom. The topological polar surface area (TPSA) is 75.7 Å². The molecule has 0 aliphatic carbocycles. The number of thioether (sulfide) groups is 1. The third kappa shape index (κ3) is 4.36. The molecule has 2 aliphatic heterocycles. The molecule has 1 atom stereocenters. The number of ether oxygens (including phenoxy) is 1. The lowest BCUT2D eigenvalue weighted by atomic mass is 10.2. The summed E-state index contributed by atoms with van der Waals surface area (Å²) >= 11 is 1.45. The Hall–Kier alpha value is -1.09. The Bertz CT molecular complexity index is 724. The van der Waals surface area contributed by atoms with Crippen LogP contribution in [0.3, 0.4) is 0 Å². The van der Waals surface area contributed by atoms with Gasteiger partial charge in [0.25, 0.3) is 5.91 Å². The third-order valence-corrected chi connectivity index (χ3v) is 6.85. The normalized spacial score (nSPS) is 21.0. The lowest BCUT2D eigenvalue weighted by Crippen LogP contribution is -2.32. The molecule has 3 rings (SSSR count). The second kappa shape index (κ2) is 8.07. The molecular formula is C17H24N2O4S2. The summed E-state index contributed by atoms with van der Waals surface area (Å²) in [4.78, 5) is 15.5. The van der Waals surface area contributed by atoms with Gasteiger partial charge in [0.05, 0.1) is 16.6 Å². The Balaban J connectivity index is 1.80. The minimum Gasteiger partial charge on any atom is -0.377 e. The van der Waals surface area contributed by atoms with Crippen LogP contribution in [0.4, 0.5) is 0 Å². The number of hydrogen-bond donors (Lipinski definition) is 1. The van der Waals surface area contributed by atoms with Crippen molar-refractivity contribution in [1.29, 1.82) is 0 Å². The van der Waals surface area contributed by atoms with E-state index in [4.69, 9.17) is 4.74 Å². The van der Waals surface area contributed by atoms with Crippen LogP contribution in [0.2, 0.25) is 0 Å². The summed E-state index contributed by atoms with van der Waals surface area (Å²) in [6.07, 6.45) is 5.66. The first-order chi connectivity index (χ1) is 12.0. The SMILES string of the molecule is CSc1ccc(S(=O)(=O)NC[C@H]2CCCO2)cc1C(=O)N1CCCC1. The number of rotatable bonds is 6. The second-order valence-electron chi connectivity index (χ2n) is 6.35. The highest BCUT2D eigenvalue weighted by Crippen LogP contribution is 2.26. The molecular weight excluding hydrogens is 360 g/mol. The first kappa shape index (κ1) is 18.7. The van der Waals surface area contributed by atoms with Crippen molar-refractivity contribution < 1.29 is 17.9 Å². The highest BCUT2D eigenvalue weighted by atomic mass is 32.2. The number of sulfonamides is 1. The first-order valence-electron chi connectivity index (χ1n) is 8.60. The number of nitrogens with one attached hydrogen (secondary N) is 1. The molecule has 0 unspecified atom stereocenters. The van der Waals surface area contributed by atoms with Gasteiger partial charge in [0, 0.05) is 31.1 Å². The van der Waals surface area contributed by atoms with Crippen LogP contribution in [0.1, 0.15) is 36.0 Å². The zero-order chi connectivity index (χ0) is 17.9. The van der Waals surface area contributed by atoms with Crippen LogP contribution in [0, 0.1) is 0 Å². The van der Waals surface area contributed by atoms with Crippen molar-refractivity contribution in [2.24, 2.45) is 0 Å². The molecule has 2 fully saturated rings. The second-order valence-corrected chi connectivity index (χ2v) is 8.96. The molecule has 0 spiro atoms. The van der Waals surface area contributed by atoms with Gasteiger partial charge in [0.1, 0.15) is 0 Å². The molecule has 25 heavy (non-hydrogen) atoms. The van der Waals surface area contributed by atoms with Crippen molar-refractivity contribution >= 4 is 27.7 Å². The largest absolute Gasteiger partial charge is 0.377 e. The van der Waals surface area contributed by atoms with Crippen LogP contribution in [0.15, 0.2) is 28.0 Å². The van der Waals surface area contributed by atoms with E-state index in [1.54, 1.807) is 17.0 Å². The van der Waals surface area contributed by atoms with Crippen LogP contribution < -0.4 is 4.72 Å². The van der Waals surface area contributed by atoms with E-state index in [0.717, 1.165) is 43.7 Å². The van der Waals surface area contributed by atoms with Crippen molar-refractivity contribution in [3.05, 3.63) is 23.8 Å². The minimum atomic E-state index is -3.66. The molecule has 2 heterocycles. The van der Waals surface area contributed by atoms with E-state index >= 15 is 0 Å². The lowest BCUT2D eigenvalue weighted by Gasteiger charge is -2.18. The van der Waals surface area contributed by atoms with Gasteiger partial charge in [-0.25, -0.2) is 13.1 Å². The molecule has 2 aliphatic rings. The van der Waals surface area contributed by atoms with Crippen molar-refractivity contribution in [1.82, 2.24) is 9.62 Å². The van der Waals surface area contributed by atoms with E-state index in [2.05, 4.69) is 4.72 Å². The van der Waals surface area contributed by atoms with Crippen LogP contribution >= 0.6 is 11.8 Å². The molecule has 0 radical (unpaired) electrons. The van der Waals surface area contributed by atoms with E-state index in [1.165, 1.54) is 17.8 Å². The van der Waals surface area contributed by atoms with Gasteiger partial charge in [-0.1, -0.05) is 0 Å². The van der Waals surface area contributed by atoms with Gasteiger partial charge in [0.2, 0.25) is 10.0 Å². The molecule has 8 heteroatoms. The fourth-order valence-electron chi connectivity index (χ4n) is 3.20. The monoisotopic (exact) mass is 384 g/mol. The van der Waals surface area contributed by atoms with Crippen molar-refractivity contribution in [3.8, 4) is 0 Å². The molecule has 0 aromatic heterocycles. The van der Waals surface area contributed by atoms with Crippen LogP contribution in [-0.4, -0.2) is 57.8 Å². The number of carbonyl (C=O) groups excluding carboxylic acids is 1. The quantitative estimate of drug-likeness (QED) is 0.760. The zero-order valence-corrected chi connectivity index (χ0v) is 16.0. The number of nitrogens with zero attached hydrogens (tertiary/aromatic N) is 1. The van der Waals surface area contributed by atoms with Gasteiger partial charge in [-0.15, -0.1) is 11.8 Å². The third-order valence-electron chi connectivity index (χ3n) is 4.63. The van der Waals surface area contributed by atoms with Crippen molar-refractivity contribution in [2.75, 3.05) is 32.5 Å². The smallest absolute Gasteiger partial charge is 0.255 e. The van der Waals surface area contributed by atoms with Gasteiger partial charge >= 0.3 is 0 Å². The van der Waals surface area contributed by atoms with E-state index in [1.807, 2.05) is 6.26 Å². The number of carbonyl (C=O) groups is 1. The maximum atomic E-state index is 12.8. The summed E-state index contributed by atoms with van der Waals surface area (Å²) in [5, 5.41) is 0. The lowest BCUT2D eigenvalue weighted by molar-refractivity contribution is 0.0789. The Morgan fingerprint density at radius 2 is 2.08 bits per heavy atom. The number of hydrogen-bond acceptors (Lipinski definition) is 5. The van der Waals surface area contributed by atoms with Gasteiger partial charge in [-0.05, 0) is 50.1 Å². The first-order valence-corrected chi connectivity index (χ1v) is 11.3. The van der Waals surface area contributed by atoms with Crippen molar-refractivity contribution in [2.45, 2.75) is 41.6 Å². The number of amides is 1. The molecule has 1 aromatic carbocycles. The molecule has 6 nitrogen and oxygen atoms in total. The maximum absolute atomic E-state index is 12.8. The van der Waals surface area contributed by atoms with Crippen LogP contribution in [0.25, 0.3) is 0 Å². The summed E-state index contributed by atoms with van der Waals surface area (Å²) in [6, 6.07) is 4.78. The predicted octanol–water partition coefficient (Wildman–Crippen LogP) is 2.10. The number of likely N-dealkylation sites (tertiary alicyclic amines) is 1. The summed E-state index contributed by atoms with van der Waals surface area (Å²) in [5.41, 5.74) is 0.467. The fourth-order valence-corrected chi connectivity index (χ4v) is 4.87. The molecule has 1 N–H and O–H groups in total. The molecule has 1 aromatic rings. The minimum absolute atomic E-state index is 0.0639. The Morgan fingerprint density at radius 3 is 2.72 bits per heavy atom. The van der Waals surface area contributed by atoms with Gasteiger partial charge in [0.15, 0.2) is 0 Å². The molecule has 1 amide bonds. The predicted molar refractivity (Wildman–Crippen MR) is 97.5 cm³/mol. The van der Waals surface area contributed by atoms with Crippen molar-refractivity contribution in [3.63, 3.8) is 0 Å². The molecule has 2 saturated heterocycles. The van der Waals surface area contributed by atoms with Crippen LogP contribution in [-0.2, 0) is 14.8 Å². The summed E-state index contributed by atoms with van der Waals surface area (Å²) < 4.78 is 33.2. The van der Waals surface area contributed by atoms with E-state index in [0.29, 0.717) is 12.2 Å². The van der Waals surface area contributed by atoms with Gasteiger partial charge in [-0.3, -0.25) is 4.79 Å². The van der Waals surface area contributed by atoms with E-state index in [9.17, 15) is 13.2 Å². The van der Waals surface area contributed by atoms with Crippen LogP contribution in [0.5, 0.6) is 0 Å². The summed E-state index contributed by atoms with van der Waals surface area (Å²) in [7, 11) is -3.66. The van der Waals surface area contributed by atoms with Gasteiger partial charge < -0.3 is 9.64 Å². The van der Waals surface area contributed by atoms with E-state index in [-0.39, 0.29) is 23.5 Å². The standard InChI is InChI=1S/C17H24N2O4S2/c1-24-16-7-6-14(11-15(16)17(20)19-8-2-3-9-19)25(21,22)18-12-13-5-4-10-23-13/h6-7,11,13,18H,2-5,8-10,12H2,1H3/t13-/m1/s1. The summed E-state index contributed by atoms with van der Waals surface area (Å²) in [6.45, 7) is 2.42. The Labute approximate surface area is 153 Å². The Kier molecular flexibility index (Phi) is 6.04. The summed E-state index contributed by atoms with van der Waals surface area (Å²) in [5.74, 6) is -0.0852.